The molecule has 11 heteroatoms. The van der Waals surface area contributed by atoms with Crippen molar-refractivity contribution in [3.8, 4) is 0 Å². The van der Waals surface area contributed by atoms with Crippen molar-refractivity contribution >= 4 is 36.3 Å². The number of ether oxygens (including phenoxy) is 1. The first kappa shape index (κ1) is 26.6. The maximum absolute atomic E-state index is 12.4. The Morgan fingerprint density at radius 2 is 1.72 bits per heavy atom. The molecule has 10 nitrogen and oxygen atoms in total. The second-order valence-electron chi connectivity index (χ2n) is 6.54. The number of non-ortho nitro benzene ring substituents is 1. The Morgan fingerprint density at radius 3 is 2.28 bits per heavy atom. The molecule has 0 bridgehead atoms. The van der Waals surface area contributed by atoms with E-state index in [1.54, 1.807) is 24.3 Å². The van der Waals surface area contributed by atoms with Gasteiger partial charge in [-0.3, -0.25) is 19.7 Å². The van der Waals surface area contributed by atoms with Crippen molar-refractivity contribution in [1.82, 2.24) is 9.62 Å². The van der Waals surface area contributed by atoms with Crippen LogP contribution in [0, 0.1) is 10.1 Å². The van der Waals surface area contributed by atoms with Crippen molar-refractivity contribution in [2.45, 2.75) is 39.6 Å². The van der Waals surface area contributed by atoms with Gasteiger partial charge in [0.1, 0.15) is 12.6 Å². The highest BCUT2D eigenvalue weighted by Gasteiger charge is 2.30. The van der Waals surface area contributed by atoms with Crippen LogP contribution in [0.3, 0.4) is 0 Å². The van der Waals surface area contributed by atoms with Gasteiger partial charge < -0.3 is 15.2 Å². The third-order valence-electron chi connectivity index (χ3n) is 4.15. The van der Waals surface area contributed by atoms with Gasteiger partial charge in [0.05, 0.1) is 11.3 Å². The molecule has 0 heterocycles. The van der Waals surface area contributed by atoms with Crippen LogP contribution in [-0.4, -0.2) is 44.4 Å². The van der Waals surface area contributed by atoms with Crippen molar-refractivity contribution in [1.29, 1.82) is 0 Å². The van der Waals surface area contributed by atoms with Crippen molar-refractivity contribution < 1.29 is 29.2 Å². The fraction of sp³-hybridized carbons (Fsp3) is 0.286. The first-order valence-electron chi connectivity index (χ1n) is 9.12. The Balaban J connectivity index is 0.00000512. The molecule has 2 amide bonds. The van der Waals surface area contributed by atoms with Gasteiger partial charge in [-0.2, -0.15) is 0 Å². The van der Waals surface area contributed by atoms with E-state index >= 15 is 0 Å². The van der Waals surface area contributed by atoms with Gasteiger partial charge in [0.15, 0.2) is 0 Å². The molecule has 2 unspecified atom stereocenters. The average molecular weight is 464 g/mol. The van der Waals surface area contributed by atoms with Crippen LogP contribution in [0.2, 0.25) is 0 Å². The van der Waals surface area contributed by atoms with E-state index in [0.29, 0.717) is 9.87 Å². The maximum Gasteiger partial charge on any atom is 0.357 e. The van der Waals surface area contributed by atoms with E-state index in [9.17, 15) is 29.6 Å². The SMILES string of the molecule is C.CC(NC(=O)Cc1ccccc1)C(=O)N(S)C(O)C(=O)OCc1ccc([N+](=O)[O-])cc1. The number of nitrogens with one attached hydrogen (secondary N) is 1. The minimum absolute atomic E-state index is 0. The van der Waals surface area contributed by atoms with Gasteiger partial charge >= 0.3 is 5.97 Å². The van der Waals surface area contributed by atoms with Crippen molar-refractivity contribution in [2.24, 2.45) is 0 Å². The third-order valence-corrected chi connectivity index (χ3v) is 4.57. The zero-order chi connectivity index (χ0) is 23.0. The van der Waals surface area contributed by atoms with Crippen LogP contribution in [0.1, 0.15) is 25.5 Å². The van der Waals surface area contributed by atoms with Gasteiger partial charge in [-0.15, -0.1) is 0 Å². The Morgan fingerprint density at radius 1 is 1.12 bits per heavy atom. The lowest BCUT2D eigenvalue weighted by molar-refractivity contribution is -0.384. The molecule has 0 radical (unpaired) electrons. The van der Waals surface area contributed by atoms with Crippen LogP contribution < -0.4 is 5.32 Å². The van der Waals surface area contributed by atoms with Gasteiger partial charge in [0, 0.05) is 12.1 Å². The standard InChI is InChI=1S/C20H21N3O7S.CH4/c1-13(21-17(24)11-14-5-3-2-4-6-14)18(25)22(31)19(26)20(27)30-12-15-7-9-16(10-8-15)23(28)29;/h2-10,13,19,26,31H,11-12H2,1H3,(H,21,24);1H4. The number of aliphatic hydroxyl groups is 1. The molecule has 172 valence electrons. The Kier molecular flexibility index (Phi) is 10.3. The lowest BCUT2D eigenvalue weighted by atomic mass is 10.1. The number of nitrogens with zero attached hydrogens (tertiary/aromatic N) is 2. The lowest BCUT2D eigenvalue weighted by Crippen LogP contribution is -2.49. The second kappa shape index (κ2) is 12.4. The minimum atomic E-state index is -2.01. The first-order chi connectivity index (χ1) is 14.7. The molecule has 0 aliphatic carbocycles. The summed E-state index contributed by atoms with van der Waals surface area (Å²) < 4.78 is 5.38. The maximum atomic E-state index is 12.4. The van der Waals surface area contributed by atoms with Gasteiger partial charge in [-0.25, -0.2) is 9.10 Å². The van der Waals surface area contributed by atoms with Gasteiger partial charge in [0.2, 0.25) is 12.1 Å². The van der Waals surface area contributed by atoms with E-state index in [1.807, 2.05) is 6.07 Å². The van der Waals surface area contributed by atoms with Crippen molar-refractivity contribution in [3.05, 3.63) is 75.8 Å². The van der Waals surface area contributed by atoms with Crippen molar-refractivity contribution in [2.75, 3.05) is 0 Å². The first-order valence-corrected chi connectivity index (χ1v) is 9.52. The summed E-state index contributed by atoms with van der Waals surface area (Å²) in [5.41, 5.74) is 1.09. The summed E-state index contributed by atoms with van der Waals surface area (Å²) in [7, 11) is 0. The van der Waals surface area contributed by atoms with E-state index in [1.165, 1.54) is 31.2 Å². The van der Waals surface area contributed by atoms with Crippen molar-refractivity contribution in [3.63, 3.8) is 0 Å². The number of nitro groups is 1. The number of carbonyl (C=O) groups excluding carboxylic acids is 3. The van der Waals surface area contributed by atoms with Crippen LogP contribution >= 0.6 is 12.8 Å². The zero-order valence-electron chi connectivity index (χ0n) is 16.5. The fourth-order valence-electron chi connectivity index (χ4n) is 2.50. The monoisotopic (exact) mass is 463 g/mol. The number of aliphatic hydroxyl groups excluding tert-OH is 1. The molecule has 0 spiro atoms. The molecule has 0 fully saturated rings. The molecule has 0 aliphatic heterocycles. The van der Waals surface area contributed by atoms with Crippen LogP contribution in [0.15, 0.2) is 54.6 Å². The summed E-state index contributed by atoms with van der Waals surface area (Å²) in [6.07, 6.45) is -1.95. The molecule has 2 rings (SSSR count). The van der Waals surface area contributed by atoms with Crippen LogP contribution in [-0.2, 0) is 32.1 Å². The predicted octanol–water partition coefficient (Wildman–Crippen LogP) is 2.01. The third kappa shape index (κ3) is 7.67. The van der Waals surface area contributed by atoms with E-state index in [-0.39, 0.29) is 26.1 Å². The number of nitro benzene ring substituents is 1. The van der Waals surface area contributed by atoms with Crippen LogP contribution in [0.4, 0.5) is 5.69 Å². The lowest BCUT2D eigenvalue weighted by Gasteiger charge is -2.24. The largest absolute Gasteiger partial charge is 0.457 e. The Bertz CT molecular complexity index is 938. The van der Waals surface area contributed by atoms with E-state index in [4.69, 9.17) is 4.74 Å². The van der Waals surface area contributed by atoms with Gasteiger partial charge in [0.25, 0.3) is 11.6 Å². The van der Waals surface area contributed by atoms with E-state index in [2.05, 4.69) is 18.1 Å². The molecule has 0 saturated carbocycles. The molecule has 32 heavy (non-hydrogen) atoms. The summed E-state index contributed by atoms with van der Waals surface area (Å²) in [6, 6.07) is 13.1. The summed E-state index contributed by atoms with van der Waals surface area (Å²) in [5.74, 6) is -2.38. The highest BCUT2D eigenvalue weighted by molar-refractivity contribution is 7.78. The number of esters is 1. The summed E-state index contributed by atoms with van der Waals surface area (Å²) in [5, 5.41) is 23.1. The quantitative estimate of drug-likeness (QED) is 0.170. The minimum Gasteiger partial charge on any atom is -0.457 e. The highest BCUT2D eigenvalue weighted by atomic mass is 32.1. The van der Waals surface area contributed by atoms with E-state index < -0.39 is 35.0 Å². The molecule has 2 N–H and O–H groups in total. The molecule has 2 aromatic rings. The number of hydrogen-bond acceptors (Lipinski definition) is 8. The molecule has 0 aliphatic rings. The molecule has 2 atom stereocenters. The number of carbonyl (C=O) groups is 3. The van der Waals surface area contributed by atoms with Crippen LogP contribution in [0.25, 0.3) is 0 Å². The normalized spacial score (nSPS) is 12.0. The smallest absolute Gasteiger partial charge is 0.357 e. The van der Waals surface area contributed by atoms with Gasteiger partial charge in [-0.1, -0.05) is 50.6 Å². The molecule has 0 aromatic heterocycles. The Hall–Kier alpha value is -3.44. The summed E-state index contributed by atoms with van der Waals surface area (Å²) >= 11 is 3.84. The highest BCUT2D eigenvalue weighted by Crippen LogP contribution is 2.13. The predicted molar refractivity (Wildman–Crippen MR) is 119 cm³/mol. The zero-order valence-corrected chi connectivity index (χ0v) is 17.4. The molecule has 2 aromatic carbocycles. The average Bonchev–Trinajstić information content (AvgIpc) is 2.76. The van der Waals surface area contributed by atoms with Crippen LogP contribution in [0.5, 0.6) is 0 Å². The molecular weight excluding hydrogens is 438 g/mol. The number of hydrogen-bond donors (Lipinski definition) is 3. The summed E-state index contributed by atoms with van der Waals surface area (Å²) in [6.45, 7) is 1.12. The van der Waals surface area contributed by atoms with E-state index in [0.717, 1.165) is 5.56 Å². The number of amides is 2. The molecule has 0 saturated heterocycles. The molecular formula is C21H25N3O7S. The fourth-order valence-corrected chi connectivity index (χ4v) is 2.76. The van der Waals surface area contributed by atoms with Gasteiger partial charge in [-0.05, 0) is 30.2 Å². The second-order valence-corrected chi connectivity index (χ2v) is 6.97. The summed E-state index contributed by atoms with van der Waals surface area (Å²) in [4.78, 5) is 46.5. The number of rotatable bonds is 9. The number of thiol groups is 1. The Labute approximate surface area is 190 Å². The topological polar surface area (TPSA) is 139 Å². The number of benzene rings is 2.